The number of para-hydroxylation sites is 1. The molecule has 0 saturated carbocycles. The van der Waals surface area contributed by atoms with Crippen LogP contribution in [-0.4, -0.2) is 35.7 Å². The molecule has 0 N–H and O–H groups in total. The Morgan fingerprint density at radius 2 is 1.96 bits per heavy atom. The van der Waals surface area contributed by atoms with Crippen LogP contribution < -0.4 is 4.74 Å². The lowest BCUT2D eigenvalue weighted by atomic mass is 10.2. The second-order valence-electron chi connectivity index (χ2n) is 5.55. The Morgan fingerprint density at radius 3 is 2.65 bits per heavy atom. The highest BCUT2D eigenvalue weighted by atomic mass is 32.2. The van der Waals surface area contributed by atoms with Crippen molar-refractivity contribution in [2.75, 3.05) is 12.9 Å². The maximum Gasteiger partial charge on any atom is 0.242 e. The van der Waals surface area contributed by atoms with E-state index in [9.17, 15) is 8.42 Å². The smallest absolute Gasteiger partial charge is 0.242 e. The summed E-state index contributed by atoms with van der Waals surface area (Å²) in [6.45, 7) is 2.42. The topological polar surface area (TPSA) is 98.7 Å². The Labute approximate surface area is 151 Å². The minimum Gasteiger partial charge on any atom is -0.493 e. The van der Waals surface area contributed by atoms with Gasteiger partial charge in [-0.2, -0.15) is 9.29 Å². The molecule has 8 nitrogen and oxygen atoms in total. The van der Waals surface area contributed by atoms with Crippen LogP contribution in [0.25, 0.3) is 11.4 Å². The van der Waals surface area contributed by atoms with Crippen LogP contribution in [0.1, 0.15) is 18.6 Å². The first kappa shape index (κ1) is 18.2. The highest BCUT2D eigenvalue weighted by molar-refractivity contribution is 7.88. The van der Waals surface area contributed by atoms with E-state index in [0.29, 0.717) is 29.5 Å². The summed E-state index contributed by atoms with van der Waals surface area (Å²) in [4.78, 5) is 4.31. The van der Waals surface area contributed by atoms with Gasteiger partial charge < -0.3 is 13.7 Å². The molecule has 3 aromatic rings. The van der Waals surface area contributed by atoms with Gasteiger partial charge in [-0.1, -0.05) is 17.3 Å². The fourth-order valence-corrected chi connectivity index (χ4v) is 3.09. The zero-order chi connectivity index (χ0) is 18.6. The van der Waals surface area contributed by atoms with Gasteiger partial charge in [0.2, 0.25) is 21.7 Å². The fraction of sp³-hybridized carbons (Fsp3) is 0.294. The molecule has 138 valence electrons. The van der Waals surface area contributed by atoms with Crippen LogP contribution >= 0.6 is 0 Å². The third-order valence-corrected chi connectivity index (χ3v) is 4.79. The van der Waals surface area contributed by atoms with Gasteiger partial charge in [0, 0.05) is 0 Å². The van der Waals surface area contributed by atoms with Crippen molar-refractivity contribution < 1.29 is 22.1 Å². The van der Waals surface area contributed by atoms with Crippen LogP contribution in [0.5, 0.6) is 5.75 Å². The zero-order valence-corrected chi connectivity index (χ0v) is 15.3. The van der Waals surface area contributed by atoms with E-state index in [1.807, 2.05) is 31.2 Å². The number of benzene rings is 1. The summed E-state index contributed by atoms with van der Waals surface area (Å²) in [6, 6.07) is 10.7. The minimum absolute atomic E-state index is 0.0522. The summed E-state index contributed by atoms with van der Waals surface area (Å²) in [5.74, 6) is 1.69. The van der Waals surface area contributed by atoms with Gasteiger partial charge in [0.1, 0.15) is 11.5 Å². The molecule has 0 fully saturated rings. The molecule has 2 aromatic heterocycles. The van der Waals surface area contributed by atoms with Crippen molar-refractivity contribution in [2.24, 2.45) is 0 Å². The van der Waals surface area contributed by atoms with Gasteiger partial charge in [-0.25, -0.2) is 8.42 Å². The van der Waals surface area contributed by atoms with E-state index in [0.717, 1.165) is 6.26 Å². The summed E-state index contributed by atoms with van der Waals surface area (Å²) in [6.07, 6.45) is 2.61. The second-order valence-corrected chi connectivity index (χ2v) is 7.53. The molecule has 0 radical (unpaired) electrons. The maximum atomic E-state index is 12.1. The van der Waals surface area contributed by atoms with Gasteiger partial charge in [0.15, 0.2) is 0 Å². The molecule has 9 heteroatoms. The molecule has 26 heavy (non-hydrogen) atoms. The molecule has 0 aliphatic rings. The van der Waals surface area contributed by atoms with Crippen LogP contribution in [0.3, 0.4) is 0 Å². The fourth-order valence-electron chi connectivity index (χ4n) is 2.38. The summed E-state index contributed by atoms with van der Waals surface area (Å²) in [5.41, 5.74) is 0.682. The molecule has 0 unspecified atom stereocenters. The molecule has 3 rings (SSSR count). The first-order chi connectivity index (χ1) is 12.5. The zero-order valence-electron chi connectivity index (χ0n) is 14.5. The maximum absolute atomic E-state index is 12.1. The van der Waals surface area contributed by atoms with Gasteiger partial charge in [0.05, 0.1) is 37.8 Å². The Balaban J connectivity index is 1.82. The number of ether oxygens (including phenoxy) is 1. The number of furan rings is 1. The summed E-state index contributed by atoms with van der Waals surface area (Å²) in [7, 11) is -3.49. The van der Waals surface area contributed by atoms with Crippen LogP contribution in [0.15, 0.2) is 51.6 Å². The van der Waals surface area contributed by atoms with E-state index in [1.165, 1.54) is 10.6 Å². The summed E-state index contributed by atoms with van der Waals surface area (Å²) in [5, 5.41) is 3.95. The van der Waals surface area contributed by atoms with Crippen molar-refractivity contribution in [2.45, 2.75) is 20.0 Å². The molecule has 2 heterocycles. The van der Waals surface area contributed by atoms with Crippen molar-refractivity contribution in [1.29, 1.82) is 0 Å². The van der Waals surface area contributed by atoms with Crippen LogP contribution in [0.2, 0.25) is 0 Å². The molecular formula is C17H19N3O5S. The molecule has 0 atom stereocenters. The third kappa shape index (κ3) is 4.30. The molecule has 0 spiro atoms. The molecule has 0 aliphatic carbocycles. The Hall–Kier alpha value is -2.65. The number of nitrogens with zero attached hydrogens (tertiary/aromatic N) is 3. The van der Waals surface area contributed by atoms with Crippen molar-refractivity contribution in [3.05, 3.63) is 54.3 Å². The first-order valence-electron chi connectivity index (χ1n) is 7.99. The van der Waals surface area contributed by atoms with E-state index in [1.54, 1.807) is 12.1 Å². The van der Waals surface area contributed by atoms with E-state index in [4.69, 9.17) is 13.7 Å². The van der Waals surface area contributed by atoms with Crippen LogP contribution in [0, 0.1) is 0 Å². The van der Waals surface area contributed by atoms with Gasteiger partial charge in [-0.05, 0) is 31.2 Å². The first-order valence-corrected chi connectivity index (χ1v) is 9.84. The molecule has 0 aliphatic heterocycles. The Kier molecular flexibility index (Phi) is 5.38. The Bertz CT molecular complexity index is 950. The third-order valence-electron chi connectivity index (χ3n) is 3.59. The van der Waals surface area contributed by atoms with Gasteiger partial charge in [-0.3, -0.25) is 0 Å². The standard InChI is InChI=1S/C17H19N3O5S/c1-3-23-15-9-5-4-8-14(15)17-18-16(25-19-17)12-20(26(2,21)22)11-13-7-6-10-24-13/h4-10H,3,11-12H2,1-2H3. The van der Waals surface area contributed by atoms with E-state index in [2.05, 4.69) is 10.1 Å². The summed E-state index contributed by atoms with van der Waals surface area (Å²) >= 11 is 0. The second kappa shape index (κ2) is 7.71. The largest absolute Gasteiger partial charge is 0.493 e. The molecule has 1 aromatic carbocycles. The monoisotopic (exact) mass is 377 g/mol. The molecular weight excluding hydrogens is 358 g/mol. The predicted octanol–water partition coefficient (Wildman–Crippen LogP) is 2.69. The number of sulfonamides is 1. The number of aromatic nitrogens is 2. The summed E-state index contributed by atoms with van der Waals surface area (Å²) < 4.78 is 41.3. The van der Waals surface area contributed by atoms with Crippen LogP contribution in [0.4, 0.5) is 0 Å². The quantitative estimate of drug-likeness (QED) is 0.595. The molecule has 0 amide bonds. The van der Waals surface area contributed by atoms with Crippen LogP contribution in [-0.2, 0) is 23.1 Å². The van der Waals surface area contributed by atoms with Crippen molar-refractivity contribution in [3.8, 4) is 17.1 Å². The van der Waals surface area contributed by atoms with E-state index >= 15 is 0 Å². The van der Waals surface area contributed by atoms with Gasteiger partial charge >= 0.3 is 0 Å². The highest BCUT2D eigenvalue weighted by Crippen LogP contribution is 2.27. The minimum atomic E-state index is -3.49. The van der Waals surface area contributed by atoms with Crippen molar-refractivity contribution >= 4 is 10.0 Å². The normalized spacial score (nSPS) is 11.8. The van der Waals surface area contributed by atoms with Gasteiger partial charge in [0.25, 0.3) is 0 Å². The molecule has 0 saturated heterocycles. The predicted molar refractivity (Wildman–Crippen MR) is 93.7 cm³/mol. The number of hydrogen-bond donors (Lipinski definition) is 0. The lowest BCUT2D eigenvalue weighted by Crippen LogP contribution is -2.29. The highest BCUT2D eigenvalue weighted by Gasteiger charge is 2.22. The average molecular weight is 377 g/mol. The average Bonchev–Trinajstić information content (AvgIpc) is 3.26. The van der Waals surface area contributed by atoms with Gasteiger partial charge in [-0.15, -0.1) is 0 Å². The number of hydrogen-bond acceptors (Lipinski definition) is 7. The van der Waals surface area contributed by atoms with Crippen molar-refractivity contribution in [3.63, 3.8) is 0 Å². The van der Waals surface area contributed by atoms with E-state index < -0.39 is 10.0 Å². The lowest BCUT2D eigenvalue weighted by molar-refractivity contribution is 0.299. The lowest BCUT2D eigenvalue weighted by Gasteiger charge is -2.16. The SMILES string of the molecule is CCOc1ccccc1-c1noc(CN(Cc2ccco2)S(C)(=O)=O)n1. The molecule has 0 bridgehead atoms. The number of rotatable bonds is 8. The van der Waals surface area contributed by atoms with E-state index in [-0.39, 0.29) is 19.0 Å². The van der Waals surface area contributed by atoms with Crippen molar-refractivity contribution in [1.82, 2.24) is 14.4 Å². The Morgan fingerprint density at radius 1 is 1.15 bits per heavy atom.